The summed E-state index contributed by atoms with van der Waals surface area (Å²) in [4.78, 5) is 39.7. The van der Waals surface area contributed by atoms with Gasteiger partial charge in [0.1, 0.15) is 11.5 Å². The van der Waals surface area contributed by atoms with Crippen molar-refractivity contribution in [2.45, 2.75) is 26.0 Å². The molecule has 1 heterocycles. The number of carbonyl (C=O) groups is 3. The molecule has 1 fully saturated rings. The fraction of sp³-hybridized carbons (Fsp3) is 0.179. The molecule has 3 aromatic rings. The van der Waals surface area contributed by atoms with Gasteiger partial charge in [-0.1, -0.05) is 42.5 Å². The molecule has 1 aliphatic heterocycles. The zero-order valence-electron chi connectivity index (χ0n) is 19.6. The molecule has 0 spiro atoms. The minimum Gasteiger partial charge on any atom is -0.507 e. The van der Waals surface area contributed by atoms with Crippen LogP contribution in [0.1, 0.15) is 41.4 Å². The molecular formula is C28H25NO6. The van der Waals surface area contributed by atoms with Gasteiger partial charge in [0.15, 0.2) is 0 Å². The van der Waals surface area contributed by atoms with Crippen molar-refractivity contribution in [1.82, 2.24) is 0 Å². The summed E-state index contributed by atoms with van der Waals surface area (Å²) < 4.78 is 10.5. The molecular weight excluding hydrogens is 446 g/mol. The third-order valence-corrected chi connectivity index (χ3v) is 5.61. The van der Waals surface area contributed by atoms with E-state index in [2.05, 4.69) is 0 Å². The van der Waals surface area contributed by atoms with Crippen LogP contribution in [0.3, 0.4) is 0 Å². The van der Waals surface area contributed by atoms with Crippen LogP contribution in [0.25, 0.3) is 5.76 Å². The number of nitrogens with zero attached hydrogens (tertiary/aromatic N) is 1. The van der Waals surface area contributed by atoms with Crippen molar-refractivity contribution in [3.63, 3.8) is 0 Å². The Hall–Kier alpha value is -4.39. The summed E-state index contributed by atoms with van der Waals surface area (Å²) in [6.45, 7) is 3.78. The Bertz CT molecular complexity index is 1290. The number of anilines is 1. The number of ketones is 1. The lowest BCUT2D eigenvalue weighted by Gasteiger charge is -2.25. The van der Waals surface area contributed by atoms with E-state index in [9.17, 15) is 19.5 Å². The van der Waals surface area contributed by atoms with Crippen molar-refractivity contribution in [3.05, 3.63) is 101 Å². The lowest BCUT2D eigenvalue weighted by molar-refractivity contribution is -0.132. The van der Waals surface area contributed by atoms with Crippen LogP contribution in [0.5, 0.6) is 5.75 Å². The maximum absolute atomic E-state index is 13.3. The number of hydrogen-bond donors (Lipinski definition) is 1. The first kappa shape index (κ1) is 23.8. The van der Waals surface area contributed by atoms with Gasteiger partial charge in [-0.2, -0.15) is 0 Å². The molecule has 0 radical (unpaired) electrons. The first-order valence-electron chi connectivity index (χ1n) is 11.1. The van der Waals surface area contributed by atoms with Gasteiger partial charge in [0, 0.05) is 11.3 Å². The maximum Gasteiger partial charge on any atom is 0.337 e. The topological polar surface area (TPSA) is 93.1 Å². The average Bonchev–Trinajstić information content (AvgIpc) is 3.13. The Labute approximate surface area is 203 Å². The molecule has 1 amide bonds. The molecule has 4 rings (SSSR count). The Balaban J connectivity index is 1.85. The van der Waals surface area contributed by atoms with Crippen molar-refractivity contribution in [3.8, 4) is 5.75 Å². The summed E-state index contributed by atoms with van der Waals surface area (Å²) in [5.41, 5.74) is 1.71. The number of amides is 1. The first-order chi connectivity index (χ1) is 16.8. The van der Waals surface area contributed by atoms with E-state index >= 15 is 0 Å². The van der Waals surface area contributed by atoms with Crippen LogP contribution >= 0.6 is 0 Å². The van der Waals surface area contributed by atoms with Gasteiger partial charge in [-0.05, 0) is 55.8 Å². The number of aliphatic hydroxyl groups is 1. The number of benzene rings is 3. The smallest absolute Gasteiger partial charge is 0.337 e. The van der Waals surface area contributed by atoms with Crippen LogP contribution in [0.4, 0.5) is 5.69 Å². The molecule has 0 saturated carbocycles. The molecule has 35 heavy (non-hydrogen) atoms. The van der Waals surface area contributed by atoms with Gasteiger partial charge in [-0.25, -0.2) is 4.79 Å². The molecule has 3 aromatic carbocycles. The van der Waals surface area contributed by atoms with Crippen molar-refractivity contribution in [1.29, 1.82) is 0 Å². The third-order valence-electron chi connectivity index (χ3n) is 5.61. The highest BCUT2D eigenvalue weighted by molar-refractivity contribution is 6.51. The fourth-order valence-corrected chi connectivity index (χ4v) is 4.07. The molecule has 0 aromatic heterocycles. The standard InChI is InChI=1S/C28H25NO6/c1-17(2)35-22-11-7-10-20(16-22)25(30)23-24(18-8-5-4-6-9-18)29(27(32)26(23)31)21-14-12-19(13-15-21)28(33)34-3/h4-17,24,30H,1-3H3/b25-23+. The highest BCUT2D eigenvalue weighted by Crippen LogP contribution is 2.42. The summed E-state index contributed by atoms with van der Waals surface area (Å²) in [6.07, 6.45) is -0.0738. The van der Waals surface area contributed by atoms with Crippen LogP contribution in [0, 0.1) is 0 Å². The molecule has 1 saturated heterocycles. The Morgan fingerprint density at radius 2 is 1.60 bits per heavy atom. The zero-order chi connectivity index (χ0) is 25.1. The summed E-state index contributed by atoms with van der Waals surface area (Å²) in [7, 11) is 1.28. The van der Waals surface area contributed by atoms with E-state index in [-0.39, 0.29) is 17.4 Å². The Morgan fingerprint density at radius 1 is 0.914 bits per heavy atom. The summed E-state index contributed by atoms with van der Waals surface area (Å²) in [5, 5.41) is 11.3. The molecule has 7 nitrogen and oxygen atoms in total. The van der Waals surface area contributed by atoms with Crippen LogP contribution in [-0.4, -0.2) is 36.0 Å². The fourth-order valence-electron chi connectivity index (χ4n) is 4.07. The predicted octanol–water partition coefficient (Wildman–Crippen LogP) is 4.89. The van der Waals surface area contributed by atoms with E-state index in [0.717, 1.165) is 0 Å². The van der Waals surface area contributed by atoms with Crippen LogP contribution in [0.2, 0.25) is 0 Å². The monoisotopic (exact) mass is 471 g/mol. The largest absolute Gasteiger partial charge is 0.507 e. The van der Waals surface area contributed by atoms with Gasteiger partial charge < -0.3 is 14.6 Å². The van der Waals surface area contributed by atoms with E-state index in [1.54, 1.807) is 60.7 Å². The number of ether oxygens (including phenoxy) is 2. The number of esters is 1. The molecule has 1 unspecified atom stereocenters. The lowest BCUT2D eigenvalue weighted by atomic mass is 9.95. The van der Waals surface area contributed by atoms with Gasteiger partial charge >= 0.3 is 5.97 Å². The molecule has 1 atom stereocenters. The third kappa shape index (κ3) is 4.66. The highest BCUT2D eigenvalue weighted by Gasteiger charge is 2.47. The quantitative estimate of drug-likeness (QED) is 0.238. The van der Waals surface area contributed by atoms with Crippen LogP contribution in [0.15, 0.2) is 84.4 Å². The van der Waals surface area contributed by atoms with E-state index in [1.807, 2.05) is 19.9 Å². The van der Waals surface area contributed by atoms with Crippen molar-refractivity contribution in [2.75, 3.05) is 12.0 Å². The van der Waals surface area contributed by atoms with Crippen molar-refractivity contribution < 1.29 is 29.0 Å². The SMILES string of the molecule is COC(=O)c1ccc(N2C(=O)C(=O)/C(=C(/O)c3cccc(OC(C)C)c3)C2c2ccccc2)cc1. The zero-order valence-corrected chi connectivity index (χ0v) is 19.6. The van der Waals surface area contributed by atoms with Crippen molar-refractivity contribution >= 4 is 29.1 Å². The second-order valence-electron chi connectivity index (χ2n) is 8.31. The highest BCUT2D eigenvalue weighted by atomic mass is 16.5. The van der Waals surface area contributed by atoms with Gasteiger partial charge in [-0.3, -0.25) is 14.5 Å². The number of carbonyl (C=O) groups excluding carboxylic acids is 3. The van der Waals surface area contributed by atoms with E-state index < -0.39 is 23.7 Å². The normalized spacial score (nSPS) is 17.0. The van der Waals surface area contributed by atoms with Gasteiger partial charge in [0.25, 0.3) is 11.7 Å². The molecule has 178 valence electrons. The second kappa shape index (κ2) is 9.85. The van der Waals surface area contributed by atoms with E-state index in [4.69, 9.17) is 9.47 Å². The second-order valence-corrected chi connectivity index (χ2v) is 8.31. The molecule has 1 N–H and O–H groups in total. The minimum absolute atomic E-state index is 0.0278. The number of Topliss-reactive ketones (excluding diaryl/α,β-unsaturated/α-hetero) is 1. The number of rotatable bonds is 6. The number of methoxy groups -OCH3 is 1. The minimum atomic E-state index is -0.866. The van der Waals surface area contributed by atoms with E-state index in [1.165, 1.54) is 24.1 Å². The van der Waals surface area contributed by atoms with Crippen molar-refractivity contribution in [2.24, 2.45) is 0 Å². The summed E-state index contributed by atoms with van der Waals surface area (Å²) in [5.74, 6) is -1.85. The molecule has 0 aliphatic carbocycles. The van der Waals surface area contributed by atoms with Crippen LogP contribution in [-0.2, 0) is 14.3 Å². The van der Waals surface area contributed by atoms with Crippen LogP contribution < -0.4 is 9.64 Å². The Kier molecular flexibility index (Phi) is 6.68. The Morgan fingerprint density at radius 3 is 2.23 bits per heavy atom. The molecule has 7 heteroatoms. The average molecular weight is 472 g/mol. The maximum atomic E-state index is 13.3. The summed E-state index contributed by atoms with van der Waals surface area (Å²) in [6, 6.07) is 21.1. The van der Waals surface area contributed by atoms with E-state index in [0.29, 0.717) is 28.1 Å². The van der Waals surface area contributed by atoms with Gasteiger partial charge in [-0.15, -0.1) is 0 Å². The van der Waals surface area contributed by atoms with Gasteiger partial charge in [0.2, 0.25) is 0 Å². The summed E-state index contributed by atoms with van der Waals surface area (Å²) >= 11 is 0. The first-order valence-corrected chi connectivity index (χ1v) is 11.1. The number of aliphatic hydroxyl groups excluding tert-OH is 1. The molecule has 0 bridgehead atoms. The number of hydrogen-bond acceptors (Lipinski definition) is 6. The lowest BCUT2D eigenvalue weighted by Crippen LogP contribution is -2.29. The van der Waals surface area contributed by atoms with Gasteiger partial charge in [0.05, 0.1) is 30.4 Å². The predicted molar refractivity (Wildman–Crippen MR) is 131 cm³/mol. The molecule has 1 aliphatic rings.